The van der Waals surface area contributed by atoms with Crippen LogP contribution in [0.3, 0.4) is 0 Å². The molecule has 3 N–H and O–H groups in total. The van der Waals surface area contributed by atoms with Gasteiger partial charge in [0.2, 0.25) is 0 Å². The fraction of sp³-hybridized carbons (Fsp3) is 0.393. The third-order valence-electron chi connectivity index (χ3n) is 7.19. The molecule has 1 fully saturated rings. The normalized spacial score (nSPS) is 14.1. The molecule has 5 rings (SSSR count). The molecule has 1 aromatic carbocycles. The van der Waals surface area contributed by atoms with Crippen molar-refractivity contribution in [3.8, 4) is 11.5 Å². The van der Waals surface area contributed by atoms with Gasteiger partial charge in [-0.2, -0.15) is 0 Å². The van der Waals surface area contributed by atoms with Crippen molar-refractivity contribution in [1.29, 1.82) is 0 Å². The Kier molecular flexibility index (Phi) is 10.3. The van der Waals surface area contributed by atoms with Gasteiger partial charge in [-0.15, -0.1) is 11.3 Å². The highest BCUT2D eigenvalue weighted by atomic mass is 35.5. The van der Waals surface area contributed by atoms with E-state index in [1.165, 1.54) is 38.2 Å². The van der Waals surface area contributed by atoms with Crippen LogP contribution in [-0.4, -0.2) is 95.7 Å². The second-order valence-corrected chi connectivity index (χ2v) is 11.4. The Morgan fingerprint density at radius 3 is 2.33 bits per heavy atom. The Bertz CT molecular complexity index is 1550. The summed E-state index contributed by atoms with van der Waals surface area (Å²) in [5, 5.41) is 11.4. The number of nitrogens with one attached hydrogen (secondary N) is 3. The molecule has 43 heavy (non-hydrogen) atoms. The first-order chi connectivity index (χ1) is 20.9. The first kappa shape index (κ1) is 31.0. The number of ether oxygens (including phenoxy) is 2. The number of thiophene rings is 1. The Morgan fingerprint density at radius 2 is 1.63 bits per heavy atom. The van der Waals surface area contributed by atoms with Crippen LogP contribution in [-0.2, 0) is 0 Å². The Hall–Kier alpha value is -3.49. The summed E-state index contributed by atoms with van der Waals surface area (Å²) in [7, 11) is 2.93. The zero-order valence-corrected chi connectivity index (χ0v) is 26.4. The van der Waals surface area contributed by atoms with Crippen molar-refractivity contribution in [3.05, 3.63) is 45.8 Å². The van der Waals surface area contributed by atoms with E-state index in [4.69, 9.17) is 32.7 Å². The number of piperazine rings is 1. The van der Waals surface area contributed by atoms with Gasteiger partial charge in [-0.3, -0.25) is 4.79 Å². The lowest BCUT2D eigenvalue weighted by Gasteiger charge is -2.33. The Morgan fingerprint density at radius 1 is 0.953 bits per heavy atom. The topological polar surface area (TPSA) is 130 Å². The van der Waals surface area contributed by atoms with Crippen LogP contribution in [0.2, 0.25) is 10.0 Å². The van der Waals surface area contributed by atoms with E-state index in [-0.39, 0.29) is 15.7 Å². The minimum Gasteiger partial charge on any atom is -0.495 e. The number of benzene rings is 1. The summed E-state index contributed by atoms with van der Waals surface area (Å²) in [4.78, 5) is 35.8. The molecule has 1 amide bonds. The van der Waals surface area contributed by atoms with Crippen LogP contribution in [0, 0.1) is 0 Å². The molecule has 1 aliphatic rings. The number of fused-ring (bicyclic) bond motifs is 1. The van der Waals surface area contributed by atoms with Crippen LogP contribution in [0.1, 0.15) is 23.7 Å². The van der Waals surface area contributed by atoms with Crippen molar-refractivity contribution in [2.24, 2.45) is 0 Å². The van der Waals surface area contributed by atoms with E-state index in [0.29, 0.717) is 44.7 Å². The summed E-state index contributed by atoms with van der Waals surface area (Å²) in [6.07, 6.45) is 3.91. The lowest BCUT2D eigenvalue weighted by Crippen LogP contribution is -2.46. The maximum absolute atomic E-state index is 13.3. The molecule has 1 saturated heterocycles. The molecule has 228 valence electrons. The molecular formula is C28H33Cl2N9O3S. The van der Waals surface area contributed by atoms with Gasteiger partial charge in [-0.05, 0) is 19.5 Å². The number of likely N-dealkylation sites (N-methyl/N-ethyl adjacent to an activating group) is 1. The van der Waals surface area contributed by atoms with E-state index < -0.39 is 5.91 Å². The number of hydrogen-bond donors (Lipinski definition) is 3. The van der Waals surface area contributed by atoms with E-state index in [0.717, 1.165) is 52.2 Å². The third-order valence-corrected chi connectivity index (χ3v) is 8.92. The van der Waals surface area contributed by atoms with Gasteiger partial charge < -0.3 is 35.2 Å². The average Bonchev–Trinajstić information content (AvgIpc) is 3.47. The highest BCUT2D eigenvalue weighted by Crippen LogP contribution is 2.44. The smallest absolute Gasteiger partial charge is 0.258 e. The Balaban J connectivity index is 1.24. The second-order valence-electron chi connectivity index (χ2n) is 9.76. The van der Waals surface area contributed by atoms with Crippen LogP contribution in [0.25, 0.3) is 10.2 Å². The summed E-state index contributed by atoms with van der Waals surface area (Å²) < 4.78 is 11.3. The molecule has 15 heteroatoms. The number of rotatable bonds is 12. The molecule has 0 saturated carbocycles. The third kappa shape index (κ3) is 7.19. The van der Waals surface area contributed by atoms with Crippen molar-refractivity contribution < 1.29 is 14.3 Å². The van der Waals surface area contributed by atoms with Crippen LogP contribution < -0.4 is 25.4 Å². The van der Waals surface area contributed by atoms with E-state index in [1.807, 2.05) is 6.07 Å². The number of methoxy groups -OCH3 is 2. The standard InChI is InChI=1S/C28H33Cl2N9O3S/c1-4-38-8-10-39(11-9-38)7-5-6-31-20-13-21(33-15-32-20)36-27-26-24(34-16-35-27)17(14-43-26)28(40)37-25-22(29)18(41-2)12-19(42-3)23(25)30/h12-16H,4-11H2,1-3H3,(H,37,40)(H2,31,32,33,34,35,36). The first-order valence-corrected chi connectivity index (χ1v) is 15.5. The lowest BCUT2D eigenvalue weighted by molar-refractivity contribution is 0.102. The number of nitrogens with zero attached hydrogens (tertiary/aromatic N) is 6. The van der Waals surface area contributed by atoms with Crippen molar-refractivity contribution in [2.45, 2.75) is 13.3 Å². The number of anilines is 4. The monoisotopic (exact) mass is 645 g/mol. The maximum atomic E-state index is 13.3. The van der Waals surface area contributed by atoms with Crippen molar-refractivity contribution in [2.75, 3.05) is 76.0 Å². The van der Waals surface area contributed by atoms with Crippen molar-refractivity contribution in [1.82, 2.24) is 29.7 Å². The van der Waals surface area contributed by atoms with Gasteiger partial charge in [0.25, 0.3) is 5.91 Å². The van der Waals surface area contributed by atoms with Gasteiger partial charge in [0.1, 0.15) is 45.8 Å². The van der Waals surface area contributed by atoms with Crippen LogP contribution in [0.5, 0.6) is 11.5 Å². The van der Waals surface area contributed by atoms with Crippen LogP contribution in [0.15, 0.2) is 30.2 Å². The molecule has 0 radical (unpaired) electrons. The SMILES string of the molecule is CCN1CCN(CCCNc2cc(Nc3ncnc4c(C(=O)Nc5c(Cl)c(OC)cc(OC)c5Cl)csc34)ncn2)CC1. The molecule has 1 aliphatic heterocycles. The molecule has 4 heterocycles. The van der Waals surface area contributed by atoms with E-state index in [1.54, 1.807) is 11.4 Å². The number of hydrogen-bond acceptors (Lipinski definition) is 12. The summed E-state index contributed by atoms with van der Waals surface area (Å²) in [6, 6.07) is 3.38. The zero-order chi connectivity index (χ0) is 30.3. The number of aromatic nitrogens is 4. The molecule has 0 atom stereocenters. The Labute approximate surface area is 263 Å². The van der Waals surface area contributed by atoms with Crippen LogP contribution in [0.4, 0.5) is 23.1 Å². The zero-order valence-electron chi connectivity index (χ0n) is 24.1. The minimum atomic E-state index is -0.448. The highest BCUT2D eigenvalue weighted by Gasteiger charge is 2.23. The number of halogens is 2. The number of carbonyl (C=O) groups is 1. The van der Waals surface area contributed by atoms with E-state index in [9.17, 15) is 4.79 Å². The first-order valence-electron chi connectivity index (χ1n) is 13.8. The van der Waals surface area contributed by atoms with Gasteiger partial charge in [-0.25, -0.2) is 19.9 Å². The van der Waals surface area contributed by atoms with Gasteiger partial charge >= 0.3 is 0 Å². The largest absolute Gasteiger partial charge is 0.495 e. The average molecular weight is 647 g/mol. The molecule has 0 unspecified atom stereocenters. The number of amides is 1. The summed E-state index contributed by atoms with van der Waals surface area (Å²) in [6.45, 7) is 9.70. The van der Waals surface area contributed by atoms with Crippen LogP contribution >= 0.6 is 34.5 Å². The molecular weight excluding hydrogens is 613 g/mol. The molecule has 12 nitrogen and oxygen atoms in total. The molecule has 4 aromatic rings. The second kappa shape index (κ2) is 14.3. The van der Waals surface area contributed by atoms with E-state index >= 15 is 0 Å². The molecule has 0 bridgehead atoms. The predicted octanol–water partition coefficient (Wildman–Crippen LogP) is 5.24. The van der Waals surface area contributed by atoms with Gasteiger partial charge in [0.05, 0.1) is 35.7 Å². The maximum Gasteiger partial charge on any atom is 0.258 e. The van der Waals surface area contributed by atoms with Gasteiger partial charge in [-0.1, -0.05) is 30.1 Å². The minimum absolute atomic E-state index is 0.154. The molecule has 0 aliphatic carbocycles. The lowest BCUT2D eigenvalue weighted by atomic mass is 10.2. The summed E-state index contributed by atoms with van der Waals surface area (Å²) >= 11 is 14.2. The number of carbonyl (C=O) groups excluding carboxylic acids is 1. The predicted molar refractivity (Wildman–Crippen MR) is 172 cm³/mol. The van der Waals surface area contributed by atoms with Gasteiger partial charge in [0, 0.05) is 50.2 Å². The molecule has 3 aromatic heterocycles. The summed E-state index contributed by atoms with van der Waals surface area (Å²) in [5.41, 5.74) is 0.978. The van der Waals surface area contributed by atoms with Gasteiger partial charge in [0.15, 0.2) is 5.82 Å². The van der Waals surface area contributed by atoms with Crippen molar-refractivity contribution in [3.63, 3.8) is 0 Å². The van der Waals surface area contributed by atoms with E-state index in [2.05, 4.69) is 52.6 Å². The fourth-order valence-corrected chi connectivity index (χ4v) is 6.31. The quantitative estimate of drug-likeness (QED) is 0.175. The van der Waals surface area contributed by atoms with Crippen molar-refractivity contribution >= 4 is 73.8 Å². The summed E-state index contributed by atoms with van der Waals surface area (Å²) in [5.74, 6) is 1.97. The highest BCUT2D eigenvalue weighted by molar-refractivity contribution is 7.18. The molecule has 0 spiro atoms. The fourth-order valence-electron chi connectivity index (χ4n) is 4.77.